The Hall–Kier alpha value is -0.800. The molecule has 14 heavy (non-hydrogen) atoms. The van der Waals surface area contributed by atoms with Crippen molar-refractivity contribution in [2.75, 3.05) is 0 Å². The Labute approximate surface area is 85.7 Å². The van der Waals surface area contributed by atoms with E-state index in [1.807, 2.05) is 0 Å². The fourth-order valence-corrected chi connectivity index (χ4v) is 1.43. The molecule has 0 N–H and O–H groups in total. The molecule has 84 valence electrons. The maximum Gasteiger partial charge on any atom is 0.294 e. The molecule has 0 amide bonds. The third-order valence-corrected chi connectivity index (χ3v) is 2.24. The minimum atomic E-state index is -0.660. The normalized spacial score (nSPS) is 12.4. The highest BCUT2D eigenvalue weighted by Gasteiger charge is 2.11. The zero-order valence-corrected chi connectivity index (χ0v) is 9.20. The molecule has 0 aliphatic heterocycles. The number of unbranched alkanes of at least 4 members (excludes halogenated alkanes) is 3. The summed E-state index contributed by atoms with van der Waals surface area (Å²) in [6.45, 7) is 4.20. The van der Waals surface area contributed by atoms with E-state index in [0.29, 0.717) is 0 Å². The summed E-state index contributed by atoms with van der Waals surface area (Å²) in [6.07, 6.45) is 6.80. The fraction of sp³-hybridized carbons (Fsp3) is 1.00. The van der Waals surface area contributed by atoms with Crippen molar-refractivity contribution in [3.8, 4) is 0 Å². The predicted octanol–water partition coefficient (Wildman–Crippen LogP) is 3.33. The van der Waals surface area contributed by atoms with Gasteiger partial charge in [-0.25, -0.2) is 0 Å². The van der Waals surface area contributed by atoms with Crippen LogP contribution in [-0.2, 0) is 4.84 Å². The molecule has 1 unspecified atom stereocenters. The van der Waals surface area contributed by atoms with Crippen LogP contribution in [0.5, 0.6) is 0 Å². The summed E-state index contributed by atoms with van der Waals surface area (Å²) < 4.78 is 0. The lowest BCUT2D eigenvalue weighted by molar-refractivity contribution is -0.769. The van der Waals surface area contributed by atoms with Crippen molar-refractivity contribution < 1.29 is 9.92 Å². The molecule has 0 saturated carbocycles. The van der Waals surface area contributed by atoms with Gasteiger partial charge in [0.2, 0.25) is 0 Å². The van der Waals surface area contributed by atoms with Crippen LogP contribution in [0, 0.1) is 10.1 Å². The van der Waals surface area contributed by atoms with Gasteiger partial charge in [-0.2, -0.15) is 0 Å². The molecule has 0 aliphatic rings. The first-order chi connectivity index (χ1) is 6.70. The second kappa shape index (κ2) is 8.78. The summed E-state index contributed by atoms with van der Waals surface area (Å²) in [4.78, 5) is 14.8. The van der Waals surface area contributed by atoms with Gasteiger partial charge in [0.15, 0.2) is 0 Å². The van der Waals surface area contributed by atoms with Gasteiger partial charge in [0.25, 0.3) is 5.09 Å². The smallest absolute Gasteiger partial charge is 0.294 e. The van der Waals surface area contributed by atoms with Crippen LogP contribution in [0.3, 0.4) is 0 Å². The lowest BCUT2D eigenvalue weighted by Gasteiger charge is -2.13. The Balaban J connectivity index is 3.66. The lowest BCUT2D eigenvalue weighted by atomic mass is 10.1. The third kappa shape index (κ3) is 7.83. The van der Waals surface area contributed by atoms with E-state index in [0.717, 1.165) is 44.9 Å². The van der Waals surface area contributed by atoms with Crippen LogP contribution in [0.25, 0.3) is 0 Å². The predicted molar refractivity (Wildman–Crippen MR) is 55.5 cm³/mol. The van der Waals surface area contributed by atoms with Crippen LogP contribution in [0.4, 0.5) is 0 Å². The van der Waals surface area contributed by atoms with Gasteiger partial charge in [0, 0.05) is 0 Å². The van der Waals surface area contributed by atoms with Crippen molar-refractivity contribution in [2.24, 2.45) is 0 Å². The van der Waals surface area contributed by atoms with E-state index in [1.165, 1.54) is 0 Å². The average Bonchev–Trinajstić information content (AvgIpc) is 2.13. The molecule has 0 aromatic rings. The summed E-state index contributed by atoms with van der Waals surface area (Å²) in [6, 6.07) is 0. The highest BCUT2D eigenvalue weighted by Crippen LogP contribution is 2.13. The van der Waals surface area contributed by atoms with Crippen molar-refractivity contribution in [1.29, 1.82) is 0 Å². The molecule has 0 aliphatic carbocycles. The minimum Gasteiger partial charge on any atom is -0.311 e. The van der Waals surface area contributed by atoms with Crippen LogP contribution in [0.2, 0.25) is 0 Å². The quantitative estimate of drug-likeness (QED) is 0.328. The standard InChI is InChI=1S/C10H21NO3/c1-3-5-7-9-10(8-6-4-2)14-11(12)13/h10H,3-9H2,1-2H3. The Morgan fingerprint density at radius 2 is 1.71 bits per heavy atom. The molecule has 0 aromatic carbocycles. The van der Waals surface area contributed by atoms with Crippen LogP contribution >= 0.6 is 0 Å². The highest BCUT2D eigenvalue weighted by molar-refractivity contribution is 4.56. The van der Waals surface area contributed by atoms with Gasteiger partial charge < -0.3 is 4.84 Å². The van der Waals surface area contributed by atoms with Crippen LogP contribution in [-0.4, -0.2) is 11.2 Å². The van der Waals surface area contributed by atoms with Gasteiger partial charge in [0.1, 0.15) is 6.10 Å². The monoisotopic (exact) mass is 203 g/mol. The van der Waals surface area contributed by atoms with Gasteiger partial charge in [-0.3, -0.25) is 0 Å². The molecule has 0 saturated heterocycles. The molecule has 1 atom stereocenters. The molecule has 4 nitrogen and oxygen atoms in total. The molecule has 4 heteroatoms. The lowest BCUT2D eigenvalue weighted by Crippen LogP contribution is -2.17. The van der Waals surface area contributed by atoms with E-state index in [1.54, 1.807) is 0 Å². The summed E-state index contributed by atoms with van der Waals surface area (Å²) in [5.41, 5.74) is 0. The molecule has 0 fully saturated rings. The topological polar surface area (TPSA) is 52.4 Å². The van der Waals surface area contributed by atoms with E-state index < -0.39 is 5.09 Å². The average molecular weight is 203 g/mol. The maximum absolute atomic E-state index is 10.2. The molecular weight excluding hydrogens is 182 g/mol. The van der Waals surface area contributed by atoms with Crippen LogP contribution in [0.1, 0.15) is 58.8 Å². The zero-order valence-electron chi connectivity index (χ0n) is 9.20. The Morgan fingerprint density at radius 1 is 1.14 bits per heavy atom. The fourth-order valence-electron chi connectivity index (χ4n) is 1.43. The molecule has 0 radical (unpaired) electrons. The first-order valence-electron chi connectivity index (χ1n) is 5.51. The van der Waals surface area contributed by atoms with Gasteiger partial charge in [-0.15, -0.1) is 10.1 Å². The first kappa shape index (κ1) is 13.2. The molecule has 0 rings (SSSR count). The van der Waals surface area contributed by atoms with E-state index in [4.69, 9.17) is 0 Å². The Kier molecular flexibility index (Phi) is 8.28. The van der Waals surface area contributed by atoms with Crippen molar-refractivity contribution in [2.45, 2.75) is 64.9 Å². The summed E-state index contributed by atoms with van der Waals surface area (Å²) in [7, 11) is 0. The third-order valence-electron chi connectivity index (χ3n) is 2.24. The second-order valence-corrected chi connectivity index (χ2v) is 3.59. The number of nitrogens with zero attached hydrogens (tertiary/aromatic N) is 1. The molecular formula is C10H21NO3. The Bertz CT molecular complexity index is 150. The van der Waals surface area contributed by atoms with Gasteiger partial charge in [-0.05, 0) is 12.8 Å². The van der Waals surface area contributed by atoms with Crippen molar-refractivity contribution in [3.05, 3.63) is 10.1 Å². The van der Waals surface area contributed by atoms with E-state index in [2.05, 4.69) is 18.7 Å². The number of hydrogen-bond donors (Lipinski definition) is 0. The summed E-state index contributed by atoms with van der Waals surface area (Å²) >= 11 is 0. The molecule has 0 bridgehead atoms. The van der Waals surface area contributed by atoms with Crippen molar-refractivity contribution >= 4 is 0 Å². The molecule has 0 heterocycles. The van der Waals surface area contributed by atoms with E-state index >= 15 is 0 Å². The highest BCUT2D eigenvalue weighted by atomic mass is 17.0. The Morgan fingerprint density at radius 3 is 2.21 bits per heavy atom. The summed E-state index contributed by atoms with van der Waals surface area (Å²) in [5, 5.41) is 9.53. The van der Waals surface area contributed by atoms with Gasteiger partial charge in [0.05, 0.1) is 0 Å². The number of hydrogen-bond acceptors (Lipinski definition) is 3. The van der Waals surface area contributed by atoms with Crippen molar-refractivity contribution in [3.63, 3.8) is 0 Å². The summed E-state index contributed by atoms with van der Waals surface area (Å²) in [5.74, 6) is 0. The largest absolute Gasteiger partial charge is 0.311 e. The van der Waals surface area contributed by atoms with E-state index in [-0.39, 0.29) is 6.10 Å². The van der Waals surface area contributed by atoms with Gasteiger partial charge in [-0.1, -0.05) is 46.0 Å². The second-order valence-electron chi connectivity index (χ2n) is 3.59. The maximum atomic E-state index is 10.2. The van der Waals surface area contributed by atoms with Crippen LogP contribution in [0.15, 0.2) is 0 Å². The first-order valence-corrected chi connectivity index (χ1v) is 5.51. The SMILES string of the molecule is CCCCCC(CCCC)O[N+](=O)[O-]. The van der Waals surface area contributed by atoms with Gasteiger partial charge >= 0.3 is 0 Å². The number of rotatable bonds is 9. The molecule has 0 aromatic heterocycles. The van der Waals surface area contributed by atoms with E-state index in [9.17, 15) is 10.1 Å². The molecule has 0 spiro atoms. The minimum absolute atomic E-state index is 0.184. The van der Waals surface area contributed by atoms with Crippen molar-refractivity contribution in [1.82, 2.24) is 0 Å². The van der Waals surface area contributed by atoms with Crippen LogP contribution < -0.4 is 0 Å². The zero-order chi connectivity index (χ0) is 10.8.